The third kappa shape index (κ3) is 15.5. The lowest BCUT2D eigenvalue weighted by atomic mass is 9.50. The fraction of sp³-hybridized carbons (Fsp3) is 0.181. The number of hydrogen-bond acceptors (Lipinski definition) is 19. The topological polar surface area (TPSA) is 303 Å². The number of methoxy groups -OCH3 is 1. The van der Waals surface area contributed by atoms with E-state index in [0.29, 0.717) is 127 Å². The first-order valence-electron chi connectivity index (χ1n) is 37.0. The molecule has 0 amide bonds. The van der Waals surface area contributed by atoms with Crippen LogP contribution in [0.2, 0.25) is 0 Å². The summed E-state index contributed by atoms with van der Waals surface area (Å²) in [5.41, 5.74) is 4.19. The van der Waals surface area contributed by atoms with Crippen molar-refractivity contribution in [1.82, 2.24) is 0 Å². The first-order valence-corrected chi connectivity index (χ1v) is 37.0. The highest BCUT2D eigenvalue weighted by Crippen LogP contribution is 2.60. The average molecular weight is 1510 g/mol. The number of rotatable bonds is 19. The lowest BCUT2D eigenvalue weighted by Crippen LogP contribution is -2.58. The molecule has 0 aromatic heterocycles. The van der Waals surface area contributed by atoms with Crippen LogP contribution in [0.25, 0.3) is 0 Å². The second-order valence-corrected chi connectivity index (χ2v) is 29.4. The molecule has 0 unspecified atom stereocenters. The van der Waals surface area contributed by atoms with Crippen molar-refractivity contribution in [2.75, 3.05) is 13.7 Å². The molecule has 0 aliphatic heterocycles. The minimum Gasteiger partial charge on any atom is -0.507 e. The Morgan fingerprint density at radius 3 is 0.690 bits per heavy atom. The largest absolute Gasteiger partial charge is 0.507 e. The van der Waals surface area contributed by atoms with Crippen molar-refractivity contribution in [2.24, 2.45) is 23.7 Å². The molecule has 12 aromatic rings. The number of benzene rings is 12. The van der Waals surface area contributed by atoms with Crippen LogP contribution in [0.15, 0.2) is 243 Å². The van der Waals surface area contributed by atoms with Crippen molar-refractivity contribution in [3.8, 4) is 92.0 Å². The number of esters is 1. The van der Waals surface area contributed by atoms with Gasteiger partial charge in [0.2, 0.25) is 0 Å². The molecule has 0 saturated heterocycles. The Labute approximate surface area is 650 Å². The molecular weight excluding hydrogens is 1430 g/mol. The smallest absolute Gasteiger partial charge is 0.332 e. The van der Waals surface area contributed by atoms with Gasteiger partial charge in [0, 0.05) is 122 Å². The molecule has 113 heavy (non-hydrogen) atoms. The van der Waals surface area contributed by atoms with E-state index in [0.717, 1.165) is 36.1 Å². The number of carbonyl (C=O) groups is 5. The van der Waals surface area contributed by atoms with Crippen LogP contribution in [0.3, 0.4) is 0 Å². The minimum atomic E-state index is -1.19. The van der Waals surface area contributed by atoms with E-state index in [1.807, 2.05) is 0 Å². The zero-order valence-electron chi connectivity index (χ0n) is 61.3. The van der Waals surface area contributed by atoms with Crippen molar-refractivity contribution in [3.63, 3.8) is 0 Å². The lowest BCUT2D eigenvalue weighted by Gasteiger charge is -2.59. The summed E-state index contributed by atoms with van der Waals surface area (Å²) in [6.45, 7) is 2.25. The molecule has 0 radical (unpaired) electrons. The maximum absolute atomic E-state index is 12.5. The molecule has 4 fully saturated rings. The van der Waals surface area contributed by atoms with Crippen LogP contribution in [0.1, 0.15) is 171 Å². The molecule has 0 heterocycles. The number of carbonyl (C=O) groups excluding carboxylic acids is 5. The highest BCUT2D eigenvalue weighted by Gasteiger charge is 2.57. The number of aromatic hydroxyl groups is 8. The summed E-state index contributed by atoms with van der Waals surface area (Å²) in [4.78, 5) is 57.6. The molecule has 5 aliphatic rings. The van der Waals surface area contributed by atoms with Gasteiger partial charge < -0.3 is 69.3 Å². The third-order valence-electron chi connectivity index (χ3n) is 22.4. The van der Waals surface area contributed by atoms with Gasteiger partial charge in [-0.3, -0.25) is 19.2 Å². The van der Waals surface area contributed by atoms with Crippen molar-refractivity contribution >= 4 is 31.1 Å². The lowest BCUT2D eigenvalue weighted by molar-refractivity contribution is -0.206. The van der Waals surface area contributed by atoms with Crippen molar-refractivity contribution < 1.29 is 93.2 Å². The van der Waals surface area contributed by atoms with E-state index in [2.05, 4.69) is 6.92 Å². The Morgan fingerprint density at radius 2 is 0.504 bits per heavy atom. The number of fused-ring (bicyclic) bond motifs is 8. The Kier molecular flexibility index (Phi) is 21.0. The van der Waals surface area contributed by atoms with Crippen LogP contribution in [0, 0.1) is 23.7 Å². The minimum absolute atomic E-state index is 0.0852. The van der Waals surface area contributed by atoms with Gasteiger partial charge in [0.15, 0.2) is 0 Å². The van der Waals surface area contributed by atoms with Crippen LogP contribution in [0.4, 0.5) is 0 Å². The van der Waals surface area contributed by atoms with Crippen LogP contribution >= 0.6 is 0 Å². The summed E-state index contributed by atoms with van der Waals surface area (Å²) in [7, 11) is 1.54. The molecule has 19 nitrogen and oxygen atoms in total. The van der Waals surface area contributed by atoms with Crippen LogP contribution in [-0.2, 0) is 14.3 Å². The fourth-order valence-electron chi connectivity index (χ4n) is 17.0. The number of phenolic OH excluding ortho intramolecular Hbond substituents is 8. The van der Waals surface area contributed by atoms with Gasteiger partial charge in [-0.1, -0.05) is 48.5 Å². The molecule has 12 aromatic carbocycles. The van der Waals surface area contributed by atoms with Crippen LogP contribution < -0.4 is 18.9 Å². The Balaban J connectivity index is 0.000000520. The quantitative estimate of drug-likeness (QED) is 0.0276. The highest BCUT2D eigenvalue weighted by molar-refractivity contribution is 5.77. The Hall–Kier alpha value is -13.7. The van der Waals surface area contributed by atoms with Crippen molar-refractivity contribution in [1.29, 1.82) is 0 Å². The third-order valence-corrected chi connectivity index (χ3v) is 22.4. The Bertz CT molecular complexity index is 4770. The molecule has 12 bridgehead atoms. The van der Waals surface area contributed by atoms with Crippen molar-refractivity contribution in [3.05, 3.63) is 332 Å². The molecular formula is C94H78O19. The average Bonchev–Trinajstić information content (AvgIpc) is 0.741. The summed E-state index contributed by atoms with van der Waals surface area (Å²) in [5, 5.41) is 100.0. The van der Waals surface area contributed by atoms with Crippen LogP contribution in [0.5, 0.6) is 92.0 Å². The summed E-state index contributed by atoms with van der Waals surface area (Å²) in [6.07, 6.45) is 9.35. The van der Waals surface area contributed by atoms with Crippen LogP contribution in [-0.4, -0.2) is 91.3 Å². The van der Waals surface area contributed by atoms with Gasteiger partial charge in [-0.15, -0.1) is 0 Å². The zero-order chi connectivity index (χ0) is 78.8. The molecule has 17 rings (SSSR count). The molecule has 0 spiro atoms. The van der Waals surface area contributed by atoms with Gasteiger partial charge in [0.25, 0.3) is 0 Å². The van der Waals surface area contributed by atoms with E-state index in [1.165, 1.54) is 32.1 Å². The predicted molar refractivity (Wildman–Crippen MR) is 420 cm³/mol. The molecule has 8 N–H and O–H groups in total. The summed E-state index contributed by atoms with van der Waals surface area (Å²) < 4.78 is 35.5. The van der Waals surface area contributed by atoms with E-state index in [9.17, 15) is 64.8 Å². The highest BCUT2D eigenvalue weighted by atomic mass is 16.6. The number of aldehydes is 4. The zero-order valence-corrected chi connectivity index (χ0v) is 61.3. The number of ether oxygens (including phenoxy) is 6. The normalized spacial score (nSPS) is 19.6. The SMILES string of the molecule is COCC(=O)OC1(C)C2CC3CC(C2)CC1C3.O=Cc1ccc(Oc2ccc(C3c4cc(c(O)cc4O)C(c4ccc(Oc5ccc(C=O)cc5)cc4)c4cc(c(O)cc4O)C(c4ccc(Oc5ccc(C=O)cc5)cc4)c4cc(c(O)cc4O)C(c4ccc(Oc5ccc(C=O)cc5)cc4)c4cc3c(O)cc4O)cc2)cc1. The van der Waals surface area contributed by atoms with E-state index < -0.39 is 69.7 Å². The van der Waals surface area contributed by atoms with E-state index in [-0.39, 0.29) is 62.7 Å². The maximum Gasteiger partial charge on any atom is 0.332 e. The Morgan fingerprint density at radius 1 is 0.310 bits per heavy atom. The standard InChI is InChI=1S/C80H56O16.C14H22O3/c81-41-45-1-17-53(18-2-45)93-57-25-9-49(10-26-57)77-61-33-63(71(87)37-69(61)85)78(50-11-27-58(28-12-50)94-54-19-3-46(42-82)4-20-54)65-35-67(75(91)39-73(65)89)80(52-15-31-60(32-16-52)96-56-23-7-48(44-84)8-24-56)68-36-66(74(90)40-76(68)92)79(64-34-62(77)70(86)38-72(64)88)51-13-29-59(30-14-51)95-55-21-5-47(43-83)6-22-55;1-14(17-13(15)8-16-2)11-4-9-3-10(6-11)7-12(14)5-9/h1-44,77-80,85-92H;9-12H,3-8H2,1-2H3. The molecule has 4 saturated carbocycles. The van der Waals surface area contributed by atoms with Gasteiger partial charge in [-0.05, 0) is 255 Å². The second-order valence-electron chi connectivity index (χ2n) is 29.4. The second kappa shape index (κ2) is 31.7. The summed E-state index contributed by atoms with van der Waals surface area (Å²) >= 11 is 0. The molecule has 19 heteroatoms. The van der Waals surface area contributed by atoms with E-state index in [4.69, 9.17) is 28.4 Å². The first-order chi connectivity index (χ1) is 54.7. The van der Waals surface area contributed by atoms with Gasteiger partial charge in [-0.25, -0.2) is 4.79 Å². The van der Waals surface area contributed by atoms with E-state index >= 15 is 0 Å². The first kappa shape index (κ1) is 74.8. The van der Waals surface area contributed by atoms with Crippen molar-refractivity contribution in [2.45, 2.75) is 68.3 Å². The molecule has 0 atom stereocenters. The predicted octanol–water partition coefficient (Wildman–Crippen LogP) is 19.2. The van der Waals surface area contributed by atoms with Gasteiger partial charge in [0.05, 0.1) is 0 Å². The maximum atomic E-state index is 12.5. The molecule has 568 valence electrons. The number of hydrogen-bond donors (Lipinski definition) is 8. The summed E-state index contributed by atoms with van der Waals surface area (Å²) in [5.74, 6) is -2.29. The number of phenols is 8. The van der Waals surface area contributed by atoms with E-state index in [1.54, 1.807) is 225 Å². The van der Waals surface area contributed by atoms with Gasteiger partial charge in [0.1, 0.15) is 129 Å². The van der Waals surface area contributed by atoms with Gasteiger partial charge >= 0.3 is 5.97 Å². The monoisotopic (exact) mass is 1510 g/mol. The fourth-order valence-corrected chi connectivity index (χ4v) is 17.0. The summed E-state index contributed by atoms with van der Waals surface area (Å²) in [6, 6.07) is 63.8. The molecule has 5 aliphatic carbocycles. The van der Waals surface area contributed by atoms with Gasteiger partial charge in [-0.2, -0.15) is 0 Å².